The summed E-state index contributed by atoms with van der Waals surface area (Å²) in [5.41, 5.74) is 6.48. The summed E-state index contributed by atoms with van der Waals surface area (Å²) < 4.78 is 11.5. The van der Waals surface area contributed by atoms with Crippen LogP contribution in [0.4, 0.5) is 17.1 Å². The van der Waals surface area contributed by atoms with Crippen molar-refractivity contribution in [2.75, 3.05) is 18.1 Å². The third-order valence-corrected chi connectivity index (χ3v) is 6.33. The van der Waals surface area contributed by atoms with Gasteiger partial charge in [0.25, 0.3) is 0 Å². The zero-order chi connectivity index (χ0) is 27.0. The first-order valence-corrected chi connectivity index (χ1v) is 12.9. The summed E-state index contributed by atoms with van der Waals surface area (Å²) in [5, 5.41) is 18.4. The number of hydrogen-bond acceptors (Lipinski definition) is 5. The lowest BCUT2D eigenvalue weighted by Crippen LogP contribution is -2.21. The summed E-state index contributed by atoms with van der Waals surface area (Å²) in [7, 11) is 0. The van der Waals surface area contributed by atoms with Gasteiger partial charge in [-0.25, -0.2) is 0 Å². The van der Waals surface area contributed by atoms with Gasteiger partial charge in [0.1, 0.15) is 30.0 Å². The summed E-state index contributed by atoms with van der Waals surface area (Å²) in [4.78, 5) is 2.22. The third-order valence-electron chi connectivity index (χ3n) is 6.33. The SMILES string of the molecule is Cc1ccc(N(c2ccc(Oc3ccccc3)cc2)c2ccc(-c3ccc(OCC(O)CO)cc3)cc2)cc1. The van der Waals surface area contributed by atoms with E-state index in [1.165, 1.54) is 5.56 Å². The van der Waals surface area contributed by atoms with E-state index in [1.807, 2.05) is 66.7 Å². The van der Waals surface area contributed by atoms with E-state index in [9.17, 15) is 5.11 Å². The predicted octanol–water partition coefficient (Wildman–Crippen LogP) is 7.66. The van der Waals surface area contributed by atoms with Crippen molar-refractivity contribution in [3.8, 4) is 28.4 Å². The molecule has 5 heteroatoms. The standard InChI is InChI=1S/C34H31NO4/c1-25-7-13-28(14-8-25)35(30-17-21-34(22-18-30)39-33-5-3-2-4-6-33)29-15-9-26(10-16-29)27-11-19-32(20-12-27)38-24-31(37)23-36/h2-22,31,36-37H,23-24H2,1H3. The number of para-hydroxylation sites is 1. The van der Waals surface area contributed by atoms with Gasteiger partial charge in [0.15, 0.2) is 0 Å². The summed E-state index contributed by atoms with van der Waals surface area (Å²) in [5.74, 6) is 2.23. The van der Waals surface area contributed by atoms with Crippen LogP contribution in [-0.2, 0) is 0 Å². The summed E-state index contributed by atoms with van der Waals surface area (Å²) in [6.45, 7) is 1.82. The van der Waals surface area contributed by atoms with E-state index < -0.39 is 6.10 Å². The number of nitrogens with zero attached hydrogens (tertiary/aromatic N) is 1. The van der Waals surface area contributed by atoms with Crippen LogP contribution in [0.2, 0.25) is 0 Å². The average Bonchev–Trinajstić information content (AvgIpc) is 2.99. The first kappa shape index (κ1) is 26.0. The minimum atomic E-state index is -0.888. The molecule has 0 aromatic heterocycles. The third kappa shape index (κ3) is 6.65. The highest BCUT2D eigenvalue weighted by atomic mass is 16.5. The van der Waals surface area contributed by atoms with Crippen molar-refractivity contribution in [1.82, 2.24) is 0 Å². The molecule has 2 N–H and O–H groups in total. The Bertz CT molecular complexity index is 1450. The molecular weight excluding hydrogens is 486 g/mol. The van der Waals surface area contributed by atoms with Crippen LogP contribution in [0.25, 0.3) is 11.1 Å². The Morgan fingerprint density at radius 1 is 0.590 bits per heavy atom. The van der Waals surface area contributed by atoms with Gasteiger partial charge in [-0.3, -0.25) is 0 Å². The highest BCUT2D eigenvalue weighted by Crippen LogP contribution is 2.37. The quantitative estimate of drug-likeness (QED) is 0.199. The lowest BCUT2D eigenvalue weighted by atomic mass is 10.0. The van der Waals surface area contributed by atoms with Gasteiger partial charge in [0.2, 0.25) is 0 Å². The zero-order valence-electron chi connectivity index (χ0n) is 21.8. The Labute approximate surface area is 229 Å². The molecule has 1 unspecified atom stereocenters. The van der Waals surface area contributed by atoms with E-state index >= 15 is 0 Å². The Kier molecular flexibility index (Phi) is 8.22. The van der Waals surface area contributed by atoms with Crippen molar-refractivity contribution in [2.45, 2.75) is 13.0 Å². The molecule has 5 aromatic carbocycles. The minimum Gasteiger partial charge on any atom is -0.491 e. The monoisotopic (exact) mass is 517 g/mol. The van der Waals surface area contributed by atoms with Crippen LogP contribution < -0.4 is 14.4 Å². The number of ether oxygens (including phenoxy) is 2. The van der Waals surface area contributed by atoms with E-state index in [0.29, 0.717) is 5.75 Å². The van der Waals surface area contributed by atoms with E-state index in [1.54, 1.807) is 0 Å². The fourth-order valence-corrected chi connectivity index (χ4v) is 4.22. The Balaban J connectivity index is 1.38. The fraction of sp³-hybridized carbons (Fsp3) is 0.118. The van der Waals surface area contributed by atoms with Crippen LogP contribution >= 0.6 is 0 Å². The number of anilines is 3. The highest BCUT2D eigenvalue weighted by molar-refractivity contribution is 5.78. The van der Waals surface area contributed by atoms with Crippen molar-refractivity contribution >= 4 is 17.1 Å². The molecule has 0 amide bonds. The summed E-state index contributed by atoms with van der Waals surface area (Å²) >= 11 is 0. The number of aryl methyl sites for hydroxylation is 1. The number of benzene rings is 5. The van der Waals surface area contributed by atoms with E-state index in [-0.39, 0.29) is 13.2 Å². The molecule has 0 saturated heterocycles. The van der Waals surface area contributed by atoms with Crippen LogP contribution in [0.5, 0.6) is 17.2 Å². The number of hydrogen-bond donors (Lipinski definition) is 2. The molecule has 5 nitrogen and oxygen atoms in total. The first-order valence-electron chi connectivity index (χ1n) is 12.9. The second-order valence-electron chi connectivity index (χ2n) is 9.30. The van der Waals surface area contributed by atoms with E-state index in [2.05, 4.69) is 72.5 Å². The smallest absolute Gasteiger partial charge is 0.127 e. The highest BCUT2D eigenvalue weighted by Gasteiger charge is 2.13. The molecule has 0 aliphatic carbocycles. The topological polar surface area (TPSA) is 62.2 Å². The fourth-order valence-electron chi connectivity index (χ4n) is 4.22. The molecule has 0 aliphatic heterocycles. The maximum absolute atomic E-state index is 9.49. The molecule has 0 bridgehead atoms. The van der Waals surface area contributed by atoms with Crippen molar-refractivity contribution in [3.05, 3.63) is 133 Å². The molecule has 196 valence electrons. The van der Waals surface area contributed by atoms with Crippen molar-refractivity contribution in [3.63, 3.8) is 0 Å². The van der Waals surface area contributed by atoms with Crippen LogP contribution in [-0.4, -0.2) is 29.5 Å². The minimum absolute atomic E-state index is 0.0543. The molecule has 5 aromatic rings. The van der Waals surface area contributed by atoms with Crippen molar-refractivity contribution in [1.29, 1.82) is 0 Å². The molecule has 0 aliphatic rings. The maximum atomic E-state index is 9.49. The Hall–Kier alpha value is -4.58. The number of aliphatic hydroxyl groups is 2. The van der Waals surface area contributed by atoms with Gasteiger partial charge >= 0.3 is 0 Å². The number of rotatable bonds is 10. The van der Waals surface area contributed by atoms with Crippen molar-refractivity contribution < 1.29 is 19.7 Å². The van der Waals surface area contributed by atoms with Crippen LogP contribution in [0.3, 0.4) is 0 Å². The molecule has 5 rings (SSSR count). The second kappa shape index (κ2) is 12.3. The normalized spacial score (nSPS) is 11.6. The Morgan fingerprint density at radius 2 is 1.05 bits per heavy atom. The van der Waals surface area contributed by atoms with Crippen LogP contribution in [0.1, 0.15) is 5.56 Å². The average molecular weight is 518 g/mol. The van der Waals surface area contributed by atoms with E-state index in [4.69, 9.17) is 14.6 Å². The molecule has 0 spiro atoms. The predicted molar refractivity (Wildman–Crippen MR) is 156 cm³/mol. The number of aliphatic hydroxyl groups excluding tert-OH is 2. The molecular formula is C34H31NO4. The first-order chi connectivity index (χ1) is 19.1. The van der Waals surface area contributed by atoms with Gasteiger partial charge in [-0.05, 0) is 90.8 Å². The molecule has 0 heterocycles. The van der Waals surface area contributed by atoms with Crippen molar-refractivity contribution in [2.24, 2.45) is 0 Å². The van der Waals surface area contributed by atoms with Crippen LogP contribution in [0.15, 0.2) is 127 Å². The molecule has 0 saturated carbocycles. The van der Waals surface area contributed by atoms with Gasteiger partial charge in [-0.2, -0.15) is 0 Å². The molecule has 39 heavy (non-hydrogen) atoms. The summed E-state index contributed by atoms with van der Waals surface area (Å²) in [6.07, 6.45) is -0.888. The van der Waals surface area contributed by atoms with Gasteiger partial charge < -0.3 is 24.6 Å². The molecule has 0 radical (unpaired) electrons. The van der Waals surface area contributed by atoms with Crippen LogP contribution in [0, 0.1) is 6.92 Å². The van der Waals surface area contributed by atoms with Gasteiger partial charge in [0.05, 0.1) is 6.61 Å². The zero-order valence-corrected chi connectivity index (χ0v) is 21.8. The largest absolute Gasteiger partial charge is 0.491 e. The molecule has 1 atom stereocenters. The lowest BCUT2D eigenvalue weighted by molar-refractivity contribution is 0.0536. The molecule has 0 fully saturated rings. The maximum Gasteiger partial charge on any atom is 0.127 e. The van der Waals surface area contributed by atoms with Gasteiger partial charge in [0, 0.05) is 17.1 Å². The lowest BCUT2D eigenvalue weighted by Gasteiger charge is -2.26. The van der Waals surface area contributed by atoms with Gasteiger partial charge in [-0.15, -0.1) is 0 Å². The summed E-state index contributed by atoms with van der Waals surface area (Å²) in [6, 6.07) is 42.5. The second-order valence-corrected chi connectivity index (χ2v) is 9.30. The van der Waals surface area contributed by atoms with E-state index in [0.717, 1.165) is 39.7 Å². The Morgan fingerprint density at radius 3 is 1.62 bits per heavy atom. The van der Waals surface area contributed by atoms with Gasteiger partial charge in [-0.1, -0.05) is 60.2 Å².